The number of aromatic amines is 3. The van der Waals surface area contributed by atoms with Gasteiger partial charge in [0.05, 0.1) is 33.4 Å². The Morgan fingerprint density at radius 1 is 0.679 bits per heavy atom. The molecule has 1 saturated carbocycles. The van der Waals surface area contributed by atoms with Gasteiger partial charge < -0.3 is 50.0 Å². The Bertz CT molecular complexity index is 3860. The first-order valence-electron chi connectivity index (χ1n) is 28.4. The highest BCUT2D eigenvalue weighted by Crippen LogP contribution is 2.46. The molecule has 1 unspecified atom stereocenters. The Hall–Kier alpha value is -8.77. The minimum absolute atomic E-state index is 0.123. The number of thiocarbonyl (C=S) groups is 1. The lowest BCUT2D eigenvalue weighted by molar-refractivity contribution is -0.140. The molecule has 16 nitrogen and oxygen atoms in total. The topological polar surface area (TPSA) is 228 Å². The molecule has 8 N–H and O–H groups in total. The highest BCUT2D eigenvalue weighted by molar-refractivity contribution is 7.80. The van der Waals surface area contributed by atoms with Gasteiger partial charge in [-0.05, 0) is 159 Å². The average Bonchev–Trinajstić information content (AvgIpc) is 1.79. The summed E-state index contributed by atoms with van der Waals surface area (Å²) >= 11 is 6.04. The van der Waals surface area contributed by atoms with Crippen LogP contribution >= 0.6 is 12.2 Å². The van der Waals surface area contributed by atoms with Gasteiger partial charge in [-0.25, -0.2) is 0 Å². The lowest BCUT2D eigenvalue weighted by atomic mass is 9.88. The van der Waals surface area contributed by atoms with E-state index in [4.69, 9.17) is 37.3 Å². The number of nitrogens with two attached hydrogens (primary N) is 1. The number of aryl methyl sites for hydroxylation is 3. The van der Waals surface area contributed by atoms with Gasteiger partial charge in [-0.15, -0.1) is 0 Å². The summed E-state index contributed by atoms with van der Waals surface area (Å²) in [5.74, 6) is 0.751. The lowest BCUT2D eigenvalue weighted by Gasteiger charge is -2.38. The second-order valence-corrected chi connectivity index (χ2v) is 22.5. The molecule has 3 aliphatic heterocycles. The van der Waals surface area contributed by atoms with Crippen LogP contribution in [-0.2, 0) is 33.6 Å². The molecular formula is C67H71N7O9S. The average molecular weight is 1150 g/mol. The van der Waals surface area contributed by atoms with Crippen LogP contribution in [0.2, 0.25) is 0 Å². The molecule has 3 aromatic heterocycles. The van der Waals surface area contributed by atoms with E-state index in [1.54, 1.807) is 45.6 Å². The molecule has 13 rings (SSSR count). The number of carboxylic acid groups (broad SMARTS) is 2. The molecule has 4 aliphatic rings. The second-order valence-electron chi connectivity index (χ2n) is 22.1. The maximum absolute atomic E-state index is 13.8. The van der Waals surface area contributed by atoms with Gasteiger partial charge in [-0.2, -0.15) is 0 Å². The maximum atomic E-state index is 13.8. The van der Waals surface area contributed by atoms with Gasteiger partial charge in [-0.3, -0.25) is 29.4 Å². The van der Waals surface area contributed by atoms with E-state index in [-0.39, 0.29) is 30.1 Å². The zero-order chi connectivity index (χ0) is 59.3. The van der Waals surface area contributed by atoms with Crippen molar-refractivity contribution in [1.29, 1.82) is 0 Å². The summed E-state index contributed by atoms with van der Waals surface area (Å²) in [5, 5.41) is 25.7. The van der Waals surface area contributed by atoms with Crippen LogP contribution in [0.4, 0.5) is 0 Å². The molecule has 6 heterocycles. The quantitative estimate of drug-likeness (QED) is 0.0473. The summed E-state index contributed by atoms with van der Waals surface area (Å²) in [7, 11) is 4.91. The van der Waals surface area contributed by atoms with E-state index in [0.29, 0.717) is 29.9 Å². The van der Waals surface area contributed by atoms with Crippen molar-refractivity contribution in [2.24, 2.45) is 5.73 Å². The molecule has 1 amide bonds. The number of aromatic nitrogens is 3. The molecule has 2 fully saturated rings. The fourth-order valence-corrected chi connectivity index (χ4v) is 12.6. The minimum Gasteiger partial charge on any atom is -0.497 e. The van der Waals surface area contributed by atoms with Crippen LogP contribution in [0.3, 0.4) is 0 Å². The molecule has 1 aliphatic carbocycles. The van der Waals surface area contributed by atoms with Crippen LogP contribution in [-0.4, -0.2) is 110 Å². The zero-order valence-corrected chi connectivity index (χ0v) is 48.8. The van der Waals surface area contributed by atoms with Crippen LogP contribution in [0.1, 0.15) is 110 Å². The van der Waals surface area contributed by atoms with Gasteiger partial charge in [0.1, 0.15) is 41.7 Å². The fourth-order valence-electron chi connectivity index (χ4n) is 12.1. The summed E-state index contributed by atoms with van der Waals surface area (Å²) in [6.07, 6.45) is 9.83. The van der Waals surface area contributed by atoms with Gasteiger partial charge in [-0.1, -0.05) is 78.4 Å². The van der Waals surface area contributed by atoms with Gasteiger partial charge in [0.15, 0.2) is 5.11 Å². The van der Waals surface area contributed by atoms with Crippen molar-refractivity contribution >= 4 is 74.2 Å². The fraction of sp³-hybridized carbons (Fsp3) is 0.299. The zero-order valence-electron chi connectivity index (χ0n) is 48.0. The molecule has 0 radical (unpaired) electrons. The largest absolute Gasteiger partial charge is 0.497 e. The molecule has 6 aromatic carbocycles. The molecular weight excluding hydrogens is 1080 g/mol. The van der Waals surface area contributed by atoms with Crippen molar-refractivity contribution in [3.63, 3.8) is 0 Å². The predicted molar refractivity (Wildman–Crippen MR) is 330 cm³/mol. The first-order chi connectivity index (χ1) is 40.6. The Morgan fingerprint density at radius 3 is 1.73 bits per heavy atom. The summed E-state index contributed by atoms with van der Waals surface area (Å²) in [6, 6.07) is 39.9. The third-order valence-electron chi connectivity index (χ3n) is 16.5. The number of hydrogen-bond acceptors (Lipinski definition) is 10. The standard InChI is InChI=1S/C27H29N3O2S.C20H20N2O3.C12H14N2O2.C8H8O2/c1-16-8-13-22-20(14-16)21-15-23-26(31)29(18-6-4-3-5-7-18)27(33)30(23)25(24(21)28-22)17-9-11-19(32-2)12-10-17;1-11-3-8-16-14(9-11)15-10-17(20(23)24)22-18(19(15)21-16)12-4-6-13(25-2)7-5-12;1-7-2-3-11-9(4-7)8(6-14-11)5-10(13)12(15)16;1-10-8-4-2-7(6-9)3-5-8/h8-14,18,23,25,28H,3-7,15H2,1-2H3;3-9,17-18,21-22H,10H2,1-2H3,(H,23,24);2-4,6,10,14H,5,13H2,1H3,(H,15,16);2-6H,1H3/t23-,25+;17-,18-;;/m11../s1. The Morgan fingerprint density at radius 2 is 1.19 bits per heavy atom. The molecule has 17 heteroatoms. The number of fused-ring (bicyclic) bond motifs is 8. The predicted octanol–water partition coefficient (Wildman–Crippen LogP) is 11.4. The van der Waals surface area contributed by atoms with Crippen LogP contribution < -0.4 is 25.3 Å². The van der Waals surface area contributed by atoms with E-state index in [1.165, 1.54) is 41.3 Å². The van der Waals surface area contributed by atoms with Crippen LogP contribution in [0.15, 0.2) is 134 Å². The van der Waals surface area contributed by atoms with E-state index < -0.39 is 24.0 Å². The number of benzene rings is 6. The molecule has 1 saturated heterocycles. The number of amides is 1. The van der Waals surface area contributed by atoms with Crippen molar-refractivity contribution < 1.29 is 43.6 Å². The normalized spacial score (nSPS) is 18.5. The second kappa shape index (κ2) is 25.4. The number of methoxy groups -OCH3 is 3. The monoisotopic (exact) mass is 1150 g/mol. The number of carboxylic acids is 2. The number of nitrogens with one attached hydrogen (secondary N) is 4. The molecule has 0 bridgehead atoms. The minimum atomic E-state index is -0.970. The smallest absolute Gasteiger partial charge is 0.321 e. The van der Waals surface area contributed by atoms with Crippen LogP contribution in [0, 0.1) is 20.8 Å². The van der Waals surface area contributed by atoms with Gasteiger partial charge in [0.25, 0.3) is 5.91 Å². The Kier molecular flexibility index (Phi) is 17.7. The summed E-state index contributed by atoms with van der Waals surface area (Å²) in [5.41, 5.74) is 20.5. The highest BCUT2D eigenvalue weighted by atomic mass is 32.1. The third-order valence-corrected chi connectivity index (χ3v) is 16.9. The van der Waals surface area contributed by atoms with Gasteiger partial charge in [0, 0.05) is 81.2 Å². The first kappa shape index (κ1) is 58.4. The molecule has 9 aromatic rings. The highest BCUT2D eigenvalue weighted by Gasteiger charge is 2.52. The van der Waals surface area contributed by atoms with Crippen molar-refractivity contribution in [2.75, 3.05) is 21.3 Å². The molecule has 0 spiro atoms. The van der Waals surface area contributed by atoms with E-state index in [0.717, 1.165) is 103 Å². The van der Waals surface area contributed by atoms with Crippen molar-refractivity contribution in [3.05, 3.63) is 195 Å². The number of carbonyl (C=O) groups is 4. The molecule has 84 heavy (non-hydrogen) atoms. The number of ether oxygens (including phenoxy) is 3. The summed E-state index contributed by atoms with van der Waals surface area (Å²) in [6.45, 7) is 6.18. The number of aliphatic carboxylic acids is 2. The van der Waals surface area contributed by atoms with E-state index in [1.807, 2.05) is 72.6 Å². The Labute approximate surface area is 493 Å². The summed E-state index contributed by atoms with van der Waals surface area (Å²) < 4.78 is 15.5. The number of rotatable bonds is 11. The Balaban J connectivity index is 0.000000136. The first-order valence-corrected chi connectivity index (χ1v) is 28.8. The molecule has 434 valence electrons. The van der Waals surface area contributed by atoms with Crippen molar-refractivity contribution in [3.8, 4) is 17.2 Å². The van der Waals surface area contributed by atoms with E-state index >= 15 is 0 Å². The number of carbonyl (C=O) groups excluding carboxylic acids is 2. The third kappa shape index (κ3) is 12.2. The van der Waals surface area contributed by atoms with Gasteiger partial charge in [0.2, 0.25) is 0 Å². The van der Waals surface area contributed by atoms with E-state index in [9.17, 15) is 24.3 Å². The molecule has 5 atom stereocenters. The van der Waals surface area contributed by atoms with Gasteiger partial charge >= 0.3 is 11.9 Å². The van der Waals surface area contributed by atoms with Crippen molar-refractivity contribution in [1.82, 2.24) is 30.1 Å². The number of hydrogen-bond donors (Lipinski definition) is 7. The summed E-state index contributed by atoms with van der Waals surface area (Å²) in [4.78, 5) is 60.8. The lowest BCUT2D eigenvalue weighted by Crippen LogP contribution is -2.44. The van der Waals surface area contributed by atoms with Crippen LogP contribution in [0.5, 0.6) is 17.2 Å². The van der Waals surface area contributed by atoms with Crippen molar-refractivity contribution in [2.45, 2.75) is 108 Å². The van der Waals surface area contributed by atoms with E-state index in [2.05, 4.69) is 87.5 Å². The van der Waals surface area contributed by atoms with Crippen LogP contribution in [0.25, 0.3) is 32.7 Å². The number of H-pyrrole nitrogens is 3. The maximum Gasteiger partial charge on any atom is 0.321 e. The number of nitrogens with zero attached hydrogens (tertiary/aromatic N) is 2. The number of aldehydes is 1. The SMILES string of the molecule is COc1ccc(C=O)cc1.COc1ccc([C@H]2N[C@@H](C(=O)O)Cc3c2[nH]c2ccc(C)cc32)cc1.COc1ccc([C@H]2c3[nH]c4ccc(C)cc4c3C[C@@H]3C(=O)N(C4CCCCC4)C(=S)N23)cc1.Cc1ccc2[nH]cc(CC(N)C(=O)O)c2c1.